The van der Waals surface area contributed by atoms with Crippen molar-refractivity contribution in [3.8, 4) is 17.1 Å². The van der Waals surface area contributed by atoms with E-state index in [0.717, 1.165) is 23.0 Å². The number of aromatic nitrogens is 3. The first-order valence-corrected chi connectivity index (χ1v) is 8.58. The molecule has 0 spiro atoms. The highest BCUT2D eigenvalue weighted by molar-refractivity contribution is 7.99. The molecule has 0 N–H and O–H groups in total. The smallest absolute Gasteiger partial charge is 0.196 e. The lowest BCUT2D eigenvalue weighted by atomic mass is 10.2. The number of aliphatic carboxylic acids is 1. The van der Waals surface area contributed by atoms with Gasteiger partial charge in [0.15, 0.2) is 11.0 Å². The molecule has 0 bridgehead atoms. The van der Waals surface area contributed by atoms with E-state index in [9.17, 15) is 9.90 Å². The van der Waals surface area contributed by atoms with E-state index < -0.39 is 5.97 Å². The number of nitrogens with zero attached hydrogens (tertiary/aromatic N) is 3. The van der Waals surface area contributed by atoms with Crippen molar-refractivity contribution in [3.05, 3.63) is 58.6 Å². The van der Waals surface area contributed by atoms with Crippen LogP contribution in [0.1, 0.15) is 0 Å². The van der Waals surface area contributed by atoms with Crippen LogP contribution in [0.2, 0.25) is 10.0 Å². The average molecular weight is 379 g/mol. The Kier molecular flexibility index (Phi) is 5.08. The molecule has 0 radical (unpaired) electrons. The maximum absolute atomic E-state index is 10.8. The third-order valence-corrected chi connectivity index (χ3v) is 4.55. The van der Waals surface area contributed by atoms with Gasteiger partial charge >= 0.3 is 0 Å². The van der Waals surface area contributed by atoms with Crippen LogP contribution in [0.4, 0.5) is 0 Å². The molecule has 1 aromatic heterocycles. The molecule has 0 saturated heterocycles. The van der Waals surface area contributed by atoms with Crippen molar-refractivity contribution in [2.75, 3.05) is 5.75 Å². The molecule has 3 aromatic rings. The summed E-state index contributed by atoms with van der Waals surface area (Å²) in [5, 5.41) is 20.7. The van der Waals surface area contributed by atoms with Gasteiger partial charge in [-0.2, -0.15) is 0 Å². The second kappa shape index (κ2) is 7.25. The Balaban J connectivity index is 2.09. The number of carbonyl (C=O) groups is 1. The molecule has 122 valence electrons. The van der Waals surface area contributed by atoms with E-state index in [2.05, 4.69) is 10.2 Å². The number of benzene rings is 2. The fourth-order valence-electron chi connectivity index (χ4n) is 2.10. The van der Waals surface area contributed by atoms with Crippen LogP contribution in [0.3, 0.4) is 0 Å². The summed E-state index contributed by atoms with van der Waals surface area (Å²) in [6.07, 6.45) is 0. The predicted molar refractivity (Wildman–Crippen MR) is 92.5 cm³/mol. The van der Waals surface area contributed by atoms with Crippen molar-refractivity contribution in [3.63, 3.8) is 0 Å². The Morgan fingerprint density at radius 1 is 1.00 bits per heavy atom. The molecule has 0 unspecified atom stereocenters. The first-order chi connectivity index (χ1) is 11.5. The molecule has 2 aromatic carbocycles. The molecule has 24 heavy (non-hydrogen) atoms. The monoisotopic (exact) mass is 378 g/mol. The summed E-state index contributed by atoms with van der Waals surface area (Å²) in [4.78, 5) is 10.8. The number of hydrogen-bond donors (Lipinski definition) is 0. The fraction of sp³-hybridized carbons (Fsp3) is 0.0625. The summed E-state index contributed by atoms with van der Waals surface area (Å²) in [6, 6.07) is 14.3. The van der Waals surface area contributed by atoms with Crippen molar-refractivity contribution in [2.24, 2.45) is 0 Å². The van der Waals surface area contributed by atoms with Gasteiger partial charge in [-0.15, -0.1) is 10.2 Å². The molecule has 3 rings (SSSR count). The van der Waals surface area contributed by atoms with Crippen molar-refractivity contribution in [1.82, 2.24) is 14.8 Å². The number of carboxylic acid groups (broad SMARTS) is 1. The van der Waals surface area contributed by atoms with Crippen LogP contribution >= 0.6 is 35.0 Å². The molecule has 0 amide bonds. The van der Waals surface area contributed by atoms with Crippen molar-refractivity contribution in [1.29, 1.82) is 0 Å². The number of thioether (sulfide) groups is 1. The Morgan fingerprint density at radius 2 is 1.58 bits per heavy atom. The first kappa shape index (κ1) is 16.8. The standard InChI is InChI=1S/C16H11Cl2N3O2S/c17-11-3-1-10(2-4-11)15-19-20-16(24-9-14(22)23)21(15)13-7-5-12(18)6-8-13/h1-8H,9H2,(H,22,23)/p-1. The molecule has 0 saturated carbocycles. The highest BCUT2D eigenvalue weighted by Crippen LogP contribution is 2.29. The number of hydrogen-bond acceptors (Lipinski definition) is 5. The summed E-state index contributed by atoms with van der Waals surface area (Å²) in [5.74, 6) is -0.805. The lowest BCUT2D eigenvalue weighted by Crippen LogP contribution is -2.24. The van der Waals surface area contributed by atoms with Gasteiger partial charge < -0.3 is 9.90 Å². The number of carboxylic acids is 1. The van der Waals surface area contributed by atoms with Gasteiger partial charge in [-0.25, -0.2) is 0 Å². The lowest BCUT2D eigenvalue weighted by molar-refractivity contribution is -0.301. The predicted octanol–water partition coefficient (Wildman–Crippen LogP) is 3.08. The van der Waals surface area contributed by atoms with Gasteiger partial charge in [0, 0.05) is 27.0 Å². The van der Waals surface area contributed by atoms with Crippen molar-refractivity contribution in [2.45, 2.75) is 5.16 Å². The van der Waals surface area contributed by atoms with Gasteiger partial charge in [-0.05, 0) is 48.5 Å². The van der Waals surface area contributed by atoms with Crippen LogP contribution < -0.4 is 5.11 Å². The van der Waals surface area contributed by atoms with Crippen LogP contribution in [-0.4, -0.2) is 26.5 Å². The minimum Gasteiger partial charge on any atom is -0.549 e. The molecule has 8 heteroatoms. The normalized spacial score (nSPS) is 10.8. The molecule has 0 aliphatic rings. The number of halogens is 2. The minimum atomic E-state index is -1.17. The molecule has 0 aliphatic heterocycles. The molecular weight excluding hydrogens is 369 g/mol. The highest BCUT2D eigenvalue weighted by Gasteiger charge is 2.16. The van der Waals surface area contributed by atoms with E-state index in [-0.39, 0.29) is 5.75 Å². The maximum Gasteiger partial charge on any atom is 0.196 e. The minimum absolute atomic E-state index is 0.216. The summed E-state index contributed by atoms with van der Waals surface area (Å²) in [6.45, 7) is 0. The number of carbonyl (C=O) groups excluding carboxylic acids is 1. The largest absolute Gasteiger partial charge is 0.549 e. The Morgan fingerprint density at radius 3 is 2.17 bits per heavy atom. The lowest BCUT2D eigenvalue weighted by Gasteiger charge is -2.11. The maximum atomic E-state index is 10.8. The summed E-state index contributed by atoms with van der Waals surface area (Å²) < 4.78 is 1.77. The molecule has 0 fully saturated rings. The molecular formula is C16H10Cl2N3O2S-. The summed E-state index contributed by atoms with van der Waals surface area (Å²) in [5.41, 5.74) is 1.58. The van der Waals surface area contributed by atoms with Gasteiger partial charge in [0.05, 0.1) is 5.97 Å². The van der Waals surface area contributed by atoms with Crippen molar-refractivity contribution < 1.29 is 9.90 Å². The second-order valence-corrected chi connectivity index (χ2v) is 6.60. The first-order valence-electron chi connectivity index (χ1n) is 6.84. The Labute approximate surface area is 152 Å². The van der Waals surface area contributed by atoms with Gasteiger partial charge in [0.2, 0.25) is 0 Å². The zero-order valence-electron chi connectivity index (χ0n) is 12.1. The zero-order valence-corrected chi connectivity index (χ0v) is 14.5. The van der Waals surface area contributed by atoms with E-state index in [4.69, 9.17) is 23.2 Å². The van der Waals surface area contributed by atoms with Crippen molar-refractivity contribution >= 4 is 40.9 Å². The van der Waals surface area contributed by atoms with E-state index in [1.54, 1.807) is 28.8 Å². The van der Waals surface area contributed by atoms with Crippen LogP contribution in [0.5, 0.6) is 0 Å². The molecule has 1 heterocycles. The van der Waals surface area contributed by atoms with Crippen LogP contribution in [0.25, 0.3) is 17.1 Å². The Hall–Kier alpha value is -2.02. The van der Waals surface area contributed by atoms with E-state index in [0.29, 0.717) is 21.0 Å². The third-order valence-electron chi connectivity index (χ3n) is 3.14. The van der Waals surface area contributed by atoms with Gasteiger partial charge in [0.25, 0.3) is 0 Å². The number of rotatable bonds is 5. The molecule has 5 nitrogen and oxygen atoms in total. The topological polar surface area (TPSA) is 70.8 Å². The van der Waals surface area contributed by atoms with Gasteiger partial charge in [-0.3, -0.25) is 4.57 Å². The summed E-state index contributed by atoms with van der Waals surface area (Å²) in [7, 11) is 0. The van der Waals surface area contributed by atoms with Gasteiger partial charge in [-0.1, -0.05) is 35.0 Å². The third kappa shape index (κ3) is 3.72. The SMILES string of the molecule is O=C([O-])CSc1nnc(-c2ccc(Cl)cc2)n1-c1ccc(Cl)cc1. The average Bonchev–Trinajstić information content (AvgIpc) is 2.98. The van der Waals surface area contributed by atoms with Crippen LogP contribution in [-0.2, 0) is 4.79 Å². The molecule has 0 atom stereocenters. The fourth-order valence-corrected chi connectivity index (χ4v) is 3.01. The second-order valence-electron chi connectivity index (χ2n) is 4.79. The van der Waals surface area contributed by atoms with E-state index in [1.807, 2.05) is 24.3 Å². The van der Waals surface area contributed by atoms with Crippen LogP contribution in [0, 0.1) is 0 Å². The van der Waals surface area contributed by atoms with E-state index in [1.165, 1.54) is 0 Å². The quantitative estimate of drug-likeness (QED) is 0.638. The highest BCUT2D eigenvalue weighted by atomic mass is 35.5. The Bertz CT molecular complexity index is 864. The summed E-state index contributed by atoms with van der Waals surface area (Å²) >= 11 is 12.9. The van der Waals surface area contributed by atoms with Crippen LogP contribution in [0.15, 0.2) is 53.7 Å². The zero-order chi connectivity index (χ0) is 17.1. The van der Waals surface area contributed by atoms with E-state index >= 15 is 0 Å². The molecule has 0 aliphatic carbocycles. The van der Waals surface area contributed by atoms with Gasteiger partial charge in [0.1, 0.15) is 0 Å².